The molecule has 0 spiro atoms. The van der Waals surface area contributed by atoms with Crippen LogP contribution in [0.1, 0.15) is 12.6 Å². The summed E-state index contributed by atoms with van der Waals surface area (Å²) in [5.74, 6) is 1.61. The van der Waals surface area contributed by atoms with Crippen LogP contribution in [0.15, 0.2) is 48.5 Å². The van der Waals surface area contributed by atoms with Crippen molar-refractivity contribution in [1.82, 2.24) is 15.1 Å². The highest BCUT2D eigenvalue weighted by Gasteiger charge is 2.36. The van der Waals surface area contributed by atoms with Crippen LogP contribution in [0.3, 0.4) is 0 Å². The van der Waals surface area contributed by atoms with E-state index in [0.29, 0.717) is 0 Å². The number of hydrogen-bond acceptors (Lipinski definition) is 3. The van der Waals surface area contributed by atoms with Crippen molar-refractivity contribution < 1.29 is 0 Å². The van der Waals surface area contributed by atoms with E-state index in [2.05, 4.69) is 70.4 Å². The van der Waals surface area contributed by atoms with Crippen LogP contribution in [0.4, 0.5) is 5.69 Å². The molecule has 25 heavy (non-hydrogen) atoms. The van der Waals surface area contributed by atoms with Crippen LogP contribution in [0, 0.1) is 11.8 Å². The van der Waals surface area contributed by atoms with Crippen molar-refractivity contribution in [3.63, 3.8) is 0 Å². The van der Waals surface area contributed by atoms with Gasteiger partial charge in [-0.05, 0) is 48.6 Å². The van der Waals surface area contributed by atoms with E-state index in [9.17, 15) is 0 Å². The Balaban J connectivity index is 1.59. The topological polar surface area (TPSA) is 33.1 Å². The summed E-state index contributed by atoms with van der Waals surface area (Å²) in [6, 6.07) is 17.4. The van der Waals surface area contributed by atoms with E-state index in [1.807, 2.05) is 0 Å². The molecule has 0 unspecified atom stereocenters. The van der Waals surface area contributed by atoms with Gasteiger partial charge in [0.05, 0.1) is 16.9 Å². The Bertz CT molecular complexity index is 887. The molecule has 2 aliphatic rings. The predicted molar refractivity (Wildman–Crippen MR) is 103 cm³/mol. The Morgan fingerprint density at radius 1 is 1.00 bits per heavy atom. The van der Waals surface area contributed by atoms with Crippen LogP contribution in [0.2, 0.25) is 0 Å². The van der Waals surface area contributed by atoms with Crippen molar-refractivity contribution in [2.24, 2.45) is 11.8 Å². The molecule has 0 aliphatic carbocycles. The van der Waals surface area contributed by atoms with E-state index in [1.54, 1.807) is 0 Å². The van der Waals surface area contributed by atoms with Crippen molar-refractivity contribution in [3.8, 4) is 5.69 Å². The molecule has 128 valence electrons. The summed E-state index contributed by atoms with van der Waals surface area (Å²) in [6.07, 6.45) is 0.954. The summed E-state index contributed by atoms with van der Waals surface area (Å²) in [5, 5.41) is 9.69. The number of aryl methyl sites for hydroxylation is 1. The number of nitrogens with zero attached hydrogens (tertiary/aromatic N) is 3. The minimum atomic E-state index is 0.806. The third-order valence-electron chi connectivity index (χ3n) is 5.83. The number of fused-ring (bicyclic) bond motifs is 2. The molecule has 0 radical (unpaired) electrons. The summed E-state index contributed by atoms with van der Waals surface area (Å²) in [6.45, 7) is 6.86. The second-order valence-corrected chi connectivity index (χ2v) is 7.33. The average Bonchev–Trinajstić information content (AvgIpc) is 3.34. The number of anilines is 1. The molecule has 1 N–H and O–H groups in total. The second kappa shape index (κ2) is 5.88. The summed E-state index contributed by atoms with van der Waals surface area (Å²) in [4.78, 5) is 2.56. The molecule has 2 aromatic carbocycles. The zero-order chi connectivity index (χ0) is 16.8. The van der Waals surface area contributed by atoms with Gasteiger partial charge in [-0.3, -0.25) is 0 Å². The van der Waals surface area contributed by atoms with Crippen molar-refractivity contribution >= 4 is 16.6 Å². The lowest BCUT2D eigenvalue weighted by atomic mass is 10.0. The molecule has 2 saturated heterocycles. The Hall–Kier alpha value is -2.33. The summed E-state index contributed by atoms with van der Waals surface area (Å²) < 4.78 is 2.11. The Morgan fingerprint density at radius 2 is 1.76 bits per heavy atom. The molecule has 4 heteroatoms. The van der Waals surface area contributed by atoms with Gasteiger partial charge in [0.2, 0.25) is 0 Å². The second-order valence-electron chi connectivity index (χ2n) is 7.33. The van der Waals surface area contributed by atoms with E-state index in [1.165, 1.54) is 48.5 Å². The maximum atomic E-state index is 4.89. The maximum absolute atomic E-state index is 4.89. The largest absolute Gasteiger partial charge is 0.371 e. The highest BCUT2D eigenvalue weighted by molar-refractivity contribution is 5.87. The van der Waals surface area contributed by atoms with Crippen LogP contribution < -0.4 is 10.2 Å². The number of benzene rings is 2. The molecule has 2 aliphatic heterocycles. The number of nitrogens with one attached hydrogen (secondary N) is 1. The predicted octanol–water partition coefficient (Wildman–Crippen LogP) is 3.24. The minimum Gasteiger partial charge on any atom is -0.371 e. The lowest BCUT2D eigenvalue weighted by molar-refractivity contribution is 0.533. The summed E-state index contributed by atoms with van der Waals surface area (Å²) in [5.41, 5.74) is 4.86. The fraction of sp³-hybridized carbons (Fsp3) is 0.381. The Labute approximate surface area is 148 Å². The standard InChI is InChI=1S/C21H24N4/c1-2-20-19-9-8-18(24-13-15-11-22-12-16(15)14-24)10-21(19)25(23-20)17-6-4-3-5-7-17/h3-10,15-16,22H,2,11-14H2,1H3/t15-,16+. The Morgan fingerprint density at radius 3 is 2.48 bits per heavy atom. The molecular formula is C21H24N4. The van der Waals surface area contributed by atoms with Crippen molar-refractivity contribution in [1.29, 1.82) is 0 Å². The molecule has 4 nitrogen and oxygen atoms in total. The molecule has 0 bridgehead atoms. The van der Waals surface area contributed by atoms with Gasteiger partial charge in [0.1, 0.15) is 0 Å². The average molecular weight is 332 g/mol. The molecular weight excluding hydrogens is 308 g/mol. The van der Waals surface area contributed by atoms with Crippen molar-refractivity contribution in [2.45, 2.75) is 13.3 Å². The SMILES string of the molecule is CCc1nn(-c2ccccc2)c2cc(N3C[C@H]4CNC[C@H]4C3)ccc12. The van der Waals surface area contributed by atoms with Gasteiger partial charge in [-0.25, -0.2) is 4.68 Å². The molecule has 0 saturated carbocycles. The van der Waals surface area contributed by atoms with E-state index in [0.717, 1.165) is 23.9 Å². The minimum absolute atomic E-state index is 0.806. The summed E-state index contributed by atoms with van der Waals surface area (Å²) >= 11 is 0. The van der Waals surface area contributed by atoms with Gasteiger partial charge in [-0.1, -0.05) is 25.1 Å². The maximum Gasteiger partial charge on any atom is 0.0764 e. The third kappa shape index (κ3) is 2.44. The van der Waals surface area contributed by atoms with Gasteiger partial charge in [0.15, 0.2) is 0 Å². The van der Waals surface area contributed by atoms with Crippen molar-refractivity contribution in [3.05, 3.63) is 54.2 Å². The molecule has 2 fully saturated rings. The van der Waals surface area contributed by atoms with Gasteiger partial charge in [0.25, 0.3) is 0 Å². The van der Waals surface area contributed by atoms with Crippen LogP contribution in [-0.2, 0) is 6.42 Å². The van der Waals surface area contributed by atoms with Crippen LogP contribution in [0.5, 0.6) is 0 Å². The molecule has 5 rings (SSSR count). The molecule has 1 aromatic heterocycles. The molecule has 3 aromatic rings. The normalized spacial score (nSPS) is 22.7. The highest BCUT2D eigenvalue weighted by atomic mass is 15.3. The quantitative estimate of drug-likeness (QED) is 0.799. The lowest BCUT2D eigenvalue weighted by Gasteiger charge is -2.20. The number of hydrogen-bond donors (Lipinski definition) is 1. The van der Waals surface area contributed by atoms with E-state index in [-0.39, 0.29) is 0 Å². The first-order valence-electron chi connectivity index (χ1n) is 9.36. The fourth-order valence-electron chi connectivity index (χ4n) is 4.46. The van der Waals surface area contributed by atoms with E-state index >= 15 is 0 Å². The van der Waals surface area contributed by atoms with Crippen LogP contribution in [0.25, 0.3) is 16.6 Å². The first kappa shape index (κ1) is 15.0. The smallest absolute Gasteiger partial charge is 0.0764 e. The van der Waals surface area contributed by atoms with Gasteiger partial charge >= 0.3 is 0 Å². The lowest BCUT2D eigenvalue weighted by Crippen LogP contribution is -2.25. The molecule has 2 atom stereocenters. The Kier molecular flexibility index (Phi) is 3.52. The van der Waals surface area contributed by atoms with Crippen molar-refractivity contribution in [2.75, 3.05) is 31.1 Å². The van der Waals surface area contributed by atoms with Crippen LogP contribution in [-0.4, -0.2) is 36.0 Å². The van der Waals surface area contributed by atoms with E-state index in [4.69, 9.17) is 5.10 Å². The zero-order valence-electron chi connectivity index (χ0n) is 14.7. The first-order chi connectivity index (χ1) is 12.3. The number of aromatic nitrogens is 2. The monoisotopic (exact) mass is 332 g/mol. The molecule has 0 amide bonds. The van der Waals surface area contributed by atoms with Gasteiger partial charge < -0.3 is 10.2 Å². The van der Waals surface area contributed by atoms with Crippen LogP contribution >= 0.6 is 0 Å². The third-order valence-corrected chi connectivity index (χ3v) is 5.83. The molecule has 3 heterocycles. The first-order valence-corrected chi connectivity index (χ1v) is 9.36. The zero-order valence-corrected chi connectivity index (χ0v) is 14.7. The van der Waals surface area contributed by atoms with Gasteiger partial charge in [-0.15, -0.1) is 0 Å². The van der Waals surface area contributed by atoms with Gasteiger partial charge in [-0.2, -0.15) is 5.10 Å². The van der Waals surface area contributed by atoms with Gasteiger partial charge in [0, 0.05) is 37.3 Å². The number of rotatable bonds is 3. The summed E-state index contributed by atoms with van der Waals surface area (Å²) in [7, 11) is 0. The highest BCUT2D eigenvalue weighted by Crippen LogP contribution is 2.33. The fourth-order valence-corrected chi connectivity index (χ4v) is 4.46. The number of para-hydroxylation sites is 1. The van der Waals surface area contributed by atoms with E-state index < -0.39 is 0 Å².